The van der Waals surface area contributed by atoms with Crippen LogP contribution in [0.3, 0.4) is 0 Å². The molecule has 7 nitrogen and oxygen atoms in total. The van der Waals surface area contributed by atoms with Crippen LogP contribution in [0, 0.1) is 5.92 Å². The third kappa shape index (κ3) is 3.70. The number of rotatable bonds is 4. The molecule has 168 valence electrons. The summed E-state index contributed by atoms with van der Waals surface area (Å²) in [7, 11) is 0. The number of nitrogens with one attached hydrogen (secondary N) is 1. The van der Waals surface area contributed by atoms with E-state index in [4.69, 9.17) is 16.3 Å². The molecular weight excluding hydrogens is 484 g/mol. The summed E-state index contributed by atoms with van der Waals surface area (Å²) in [6, 6.07) is 13.3. The van der Waals surface area contributed by atoms with Crippen molar-refractivity contribution in [1.29, 1.82) is 0 Å². The third-order valence-corrected chi connectivity index (χ3v) is 8.34. The van der Waals surface area contributed by atoms with E-state index in [2.05, 4.69) is 4.98 Å². The lowest BCUT2D eigenvalue weighted by molar-refractivity contribution is -0.122. The van der Waals surface area contributed by atoms with Crippen LogP contribution in [-0.4, -0.2) is 34.6 Å². The Bertz CT molecular complexity index is 1320. The summed E-state index contributed by atoms with van der Waals surface area (Å²) in [4.78, 5) is 55.6. The topological polar surface area (TPSA) is 96.5 Å². The van der Waals surface area contributed by atoms with Gasteiger partial charge in [-0.1, -0.05) is 46.8 Å². The van der Waals surface area contributed by atoms with E-state index in [9.17, 15) is 19.2 Å². The lowest BCUT2D eigenvalue weighted by atomic mass is 9.83. The van der Waals surface area contributed by atoms with Crippen molar-refractivity contribution in [2.45, 2.75) is 23.1 Å². The molecule has 10 heteroatoms. The van der Waals surface area contributed by atoms with Crippen molar-refractivity contribution in [3.05, 3.63) is 79.2 Å². The number of benzene rings is 2. The number of anilines is 1. The summed E-state index contributed by atoms with van der Waals surface area (Å²) in [6.45, 7) is 1.97. The number of hydrogen-bond donors (Lipinski definition) is 1. The average Bonchev–Trinajstić information content (AvgIpc) is 3.29. The summed E-state index contributed by atoms with van der Waals surface area (Å²) < 4.78 is 4.99. The van der Waals surface area contributed by atoms with Crippen molar-refractivity contribution >= 4 is 58.2 Å². The first kappa shape index (κ1) is 21.9. The van der Waals surface area contributed by atoms with Gasteiger partial charge in [-0.3, -0.25) is 14.4 Å². The predicted molar refractivity (Wildman–Crippen MR) is 126 cm³/mol. The molecule has 1 aromatic heterocycles. The van der Waals surface area contributed by atoms with Crippen molar-refractivity contribution in [1.82, 2.24) is 4.98 Å². The maximum absolute atomic E-state index is 13.6. The largest absolute Gasteiger partial charge is 0.462 e. The first-order chi connectivity index (χ1) is 15.9. The summed E-state index contributed by atoms with van der Waals surface area (Å²) >= 11 is 8.33. The minimum Gasteiger partial charge on any atom is -0.462 e. The van der Waals surface area contributed by atoms with Crippen molar-refractivity contribution in [3.8, 4) is 0 Å². The van der Waals surface area contributed by atoms with Gasteiger partial charge in [0.25, 0.3) is 0 Å². The van der Waals surface area contributed by atoms with Crippen molar-refractivity contribution in [3.63, 3.8) is 0 Å². The van der Waals surface area contributed by atoms with Crippen LogP contribution in [-0.2, 0) is 14.3 Å². The zero-order valence-corrected chi connectivity index (χ0v) is 19.6. The Kier molecular flexibility index (Phi) is 5.64. The highest BCUT2D eigenvalue weighted by molar-refractivity contribution is 8.00. The van der Waals surface area contributed by atoms with Gasteiger partial charge in [0.2, 0.25) is 11.8 Å². The number of aromatic nitrogens is 1. The maximum Gasteiger partial charge on any atom is 0.338 e. The number of amides is 2. The molecular formula is C23H17ClN2O5S2. The van der Waals surface area contributed by atoms with Crippen LogP contribution in [0.15, 0.2) is 58.4 Å². The number of imide groups is 1. The maximum atomic E-state index is 13.6. The van der Waals surface area contributed by atoms with Gasteiger partial charge >= 0.3 is 10.8 Å². The second-order valence-electron chi connectivity index (χ2n) is 7.58. The fourth-order valence-electron chi connectivity index (χ4n) is 4.26. The standard InChI is InChI=1S/C23H17ClN2O5S2/c1-2-31-22(29)12-5-9-14(10-6-12)26-20(27)16-15(11-3-7-13(24)8-4-11)17-19(25-23(30)33-17)32-18(16)21(26)28/h3-10,15-16,18H,2H2,1H3,(H,25,30)/t15-,16?,18?/m1/s1. The average molecular weight is 501 g/mol. The van der Waals surface area contributed by atoms with Gasteiger partial charge in [-0.15, -0.1) is 0 Å². The van der Waals surface area contributed by atoms with E-state index in [0.717, 1.165) is 21.8 Å². The van der Waals surface area contributed by atoms with Gasteiger partial charge in [0.15, 0.2) is 0 Å². The second kappa shape index (κ2) is 8.48. The van der Waals surface area contributed by atoms with Crippen molar-refractivity contribution < 1.29 is 19.1 Å². The number of carbonyl (C=O) groups excluding carboxylic acids is 3. The molecule has 2 aliphatic rings. The molecule has 2 amide bonds. The second-order valence-corrected chi connectivity index (χ2v) is 10.2. The molecule has 0 aliphatic carbocycles. The molecule has 2 unspecified atom stereocenters. The van der Waals surface area contributed by atoms with Gasteiger partial charge in [0, 0.05) is 15.8 Å². The number of esters is 1. The lowest BCUT2D eigenvalue weighted by Crippen LogP contribution is -2.32. The third-order valence-electron chi connectivity index (χ3n) is 5.69. The number of hydrogen-bond acceptors (Lipinski definition) is 7. The number of H-pyrrole nitrogens is 1. The molecule has 3 atom stereocenters. The Hall–Kier alpha value is -2.88. The smallest absolute Gasteiger partial charge is 0.338 e. The fraction of sp³-hybridized carbons (Fsp3) is 0.217. The highest BCUT2D eigenvalue weighted by atomic mass is 35.5. The molecule has 3 heterocycles. The Morgan fingerprint density at radius 2 is 1.76 bits per heavy atom. The molecule has 1 fully saturated rings. The number of carbonyl (C=O) groups is 3. The Labute approximate surface area is 201 Å². The fourth-order valence-corrected chi connectivity index (χ4v) is 6.90. The number of thioether (sulfide) groups is 1. The minimum absolute atomic E-state index is 0.224. The summed E-state index contributed by atoms with van der Waals surface area (Å²) in [5.41, 5.74) is 1.54. The first-order valence-electron chi connectivity index (χ1n) is 10.2. The Morgan fingerprint density at radius 3 is 2.42 bits per heavy atom. The number of fused-ring (bicyclic) bond motifs is 2. The zero-order valence-electron chi connectivity index (χ0n) is 17.2. The summed E-state index contributed by atoms with van der Waals surface area (Å²) in [5.74, 6) is -2.29. The summed E-state index contributed by atoms with van der Waals surface area (Å²) in [5, 5.41) is 0.493. The van der Waals surface area contributed by atoms with E-state index in [1.165, 1.54) is 28.8 Å². The van der Waals surface area contributed by atoms with E-state index < -0.39 is 23.1 Å². The van der Waals surface area contributed by atoms with Crippen LogP contribution in [0.1, 0.15) is 33.6 Å². The van der Waals surface area contributed by atoms with Crippen LogP contribution < -0.4 is 9.77 Å². The minimum atomic E-state index is -0.680. The van der Waals surface area contributed by atoms with Gasteiger partial charge in [0.1, 0.15) is 5.25 Å². The number of aromatic amines is 1. The van der Waals surface area contributed by atoms with E-state index in [1.54, 1.807) is 31.2 Å². The van der Waals surface area contributed by atoms with Gasteiger partial charge in [-0.05, 0) is 48.9 Å². The van der Waals surface area contributed by atoms with Gasteiger partial charge in [-0.2, -0.15) is 0 Å². The zero-order chi connectivity index (χ0) is 23.3. The highest BCUT2D eigenvalue weighted by Gasteiger charge is 2.56. The van der Waals surface area contributed by atoms with E-state index in [1.807, 2.05) is 12.1 Å². The Morgan fingerprint density at radius 1 is 1.06 bits per heavy atom. The molecule has 0 spiro atoms. The molecule has 3 aromatic rings. The molecule has 5 rings (SSSR count). The van der Waals surface area contributed by atoms with Crippen LogP contribution in [0.25, 0.3) is 0 Å². The molecule has 2 aromatic carbocycles. The monoisotopic (exact) mass is 500 g/mol. The Balaban J connectivity index is 1.54. The number of halogens is 1. The van der Waals surface area contributed by atoms with Crippen LogP contribution in [0.5, 0.6) is 0 Å². The molecule has 0 saturated carbocycles. The van der Waals surface area contributed by atoms with Crippen LogP contribution >= 0.6 is 34.7 Å². The summed E-state index contributed by atoms with van der Waals surface area (Å²) in [6.07, 6.45) is 0. The highest BCUT2D eigenvalue weighted by Crippen LogP contribution is 2.53. The molecule has 0 radical (unpaired) electrons. The van der Waals surface area contributed by atoms with Crippen molar-refractivity contribution in [2.75, 3.05) is 11.5 Å². The number of nitrogens with zero attached hydrogens (tertiary/aromatic N) is 1. The molecule has 33 heavy (non-hydrogen) atoms. The molecule has 0 bridgehead atoms. The van der Waals surface area contributed by atoms with E-state index >= 15 is 0 Å². The van der Waals surface area contributed by atoms with Crippen molar-refractivity contribution in [2.24, 2.45) is 5.92 Å². The van der Waals surface area contributed by atoms with Gasteiger partial charge < -0.3 is 9.72 Å². The van der Waals surface area contributed by atoms with Gasteiger partial charge in [0.05, 0.1) is 28.8 Å². The SMILES string of the molecule is CCOC(=O)c1ccc(N2C(=O)C3Sc4[nH]c(=O)sc4[C@H](c4ccc(Cl)cc4)C3C2=O)cc1. The van der Waals surface area contributed by atoms with E-state index in [-0.39, 0.29) is 23.3 Å². The van der Waals surface area contributed by atoms with Crippen LogP contribution in [0.4, 0.5) is 5.69 Å². The van der Waals surface area contributed by atoms with E-state index in [0.29, 0.717) is 21.3 Å². The molecule has 1 N–H and O–H groups in total. The first-order valence-corrected chi connectivity index (χ1v) is 12.3. The number of thiazole rings is 1. The van der Waals surface area contributed by atoms with Gasteiger partial charge in [-0.25, -0.2) is 9.69 Å². The predicted octanol–water partition coefficient (Wildman–Crippen LogP) is 4.06. The lowest BCUT2D eigenvalue weighted by Gasteiger charge is -2.29. The molecule has 1 saturated heterocycles. The normalized spacial score (nSPS) is 21.6. The van der Waals surface area contributed by atoms with Crippen LogP contribution in [0.2, 0.25) is 5.02 Å². The number of ether oxygens (including phenoxy) is 1. The quantitative estimate of drug-likeness (QED) is 0.428. The molecule has 2 aliphatic heterocycles.